The van der Waals surface area contributed by atoms with Crippen LogP contribution in [0.4, 0.5) is 0 Å². The molecule has 0 spiro atoms. The molecule has 0 saturated carbocycles. The Balaban J connectivity index is 2.80. The lowest BCUT2D eigenvalue weighted by molar-refractivity contribution is -0.147. The Labute approximate surface area is 67.5 Å². The van der Waals surface area contributed by atoms with Gasteiger partial charge in [-0.05, 0) is 0 Å². The van der Waals surface area contributed by atoms with Gasteiger partial charge in [-0.15, -0.1) is 0 Å². The van der Waals surface area contributed by atoms with Crippen LogP contribution in [0.15, 0.2) is 12.2 Å². The predicted molar refractivity (Wildman–Crippen MR) is 35.7 cm³/mol. The van der Waals surface area contributed by atoms with E-state index < -0.39 is 18.0 Å². The zero-order valence-corrected chi connectivity index (χ0v) is 5.89. The van der Waals surface area contributed by atoms with Gasteiger partial charge in [-0.25, -0.2) is 10.8 Å². The molecule has 0 aromatic heterocycles. The summed E-state index contributed by atoms with van der Waals surface area (Å²) in [7, 11) is 0. The molecule has 63 valence electrons. The molecule has 0 fully saturated rings. The topological polar surface area (TPSA) is 89.7 Å². The molecular weight excluding hydrogens is 164 g/mol. The van der Waals surface area contributed by atoms with Crippen molar-refractivity contribution in [2.45, 2.75) is 6.23 Å². The molecule has 2 amide bonds. The number of amides is 2. The van der Waals surface area contributed by atoms with Crippen LogP contribution in [0.3, 0.4) is 0 Å². The Morgan fingerprint density at radius 2 is 1.92 bits per heavy atom. The first kappa shape index (κ1) is 8.57. The van der Waals surface area contributed by atoms with Crippen LogP contribution in [0.1, 0.15) is 0 Å². The summed E-state index contributed by atoms with van der Waals surface area (Å²) in [6.07, 6.45) is 1.88. The first-order valence-electron chi connectivity index (χ1n) is 2.99. The van der Waals surface area contributed by atoms with Gasteiger partial charge >= 0.3 is 0 Å². The number of nitrogens with zero attached hydrogens (tertiary/aromatic N) is 1. The quantitative estimate of drug-likeness (QED) is 0.399. The molecule has 1 heterocycles. The lowest BCUT2D eigenvalue weighted by Gasteiger charge is -2.17. The van der Waals surface area contributed by atoms with E-state index in [2.05, 4.69) is 10.7 Å². The van der Waals surface area contributed by atoms with Crippen molar-refractivity contribution in [3.8, 4) is 0 Å². The van der Waals surface area contributed by atoms with Gasteiger partial charge in [-0.2, -0.15) is 0 Å². The summed E-state index contributed by atoms with van der Waals surface area (Å²) in [5.41, 5.74) is 0. The summed E-state index contributed by atoms with van der Waals surface area (Å²) in [5.74, 6) is 3.37. The fourth-order valence-corrected chi connectivity index (χ4v) is 0.784. The fourth-order valence-electron chi connectivity index (χ4n) is 0.784. The van der Waals surface area contributed by atoms with Crippen molar-refractivity contribution in [2.24, 2.45) is 5.90 Å². The molecule has 1 aliphatic heterocycles. The minimum Gasteiger partial charge on any atom is -0.285 e. The van der Waals surface area contributed by atoms with Crippen LogP contribution in [0, 0.1) is 0 Å². The molecule has 1 aliphatic rings. The van der Waals surface area contributed by atoms with E-state index in [1.165, 1.54) is 6.29 Å². The normalized spacial score (nSPS) is 18.6. The Kier molecular flexibility index (Phi) is 2.32. The summed E-state index contributed by atoms with van der Waals surface area (Å²) in [4.78, 5) is 36.4. The molecule has 0 saturated heterocycles. The molecule has 6 nitrogen and oxygen atoms in total. The van der Waals surface area contributed by atoms with Crippen LogP contribution in [0.25, 0.3) is 0 Å². The van der Waals surface area contributed by atoms with Gasteiger partial charge in [0.15, 0.2) is 0 Å². The second kappa shape index (κ2) is 3.24. The van der Waals surface area contributed by atoms with E-state index in [1.54, 1.807) is 0 Å². The predicted octanol–water partition coefficient (Wildman–Crippen LogP) is -1.76. The summed E-state index contributed by atoms with van der Waals surface area (Å²) in [6.45, 7) is 0. The first-order chi connectivity index (χ1) is 5.70. The van der Waals surface area contributed by atoms with E-state index in [9.17, 15) is 14.4 Å². The van der Waals surface area contributed by atoms with Gasteiger partial charge < -0.3 is 0 Å². The van der Waals surface area contributed by atoms with Crippen molar-refractivity contribution in [2.75, 3.05) is 0 Å². The van der Waals surface area contributed by atoms with Crippen LogP contribution in [0.2, 0.25) is 0 Å². The van der Waals surface area contributed by atoms with Crippen molar-refractivity contribution < 1.29 is 19.2 Å². The van der Waals surface area contributed by atoms with Gasteiger partial charge in [-0.1, -0.05) is 0 Å². The van der Waals surface area contributed by atoms with Crippen molar-refractivity contribution in [3.05, 3.63) is 12.2 Å². The highest BCUT2D eigenvalue weighted by Gasteiger charge is 2.31. The number of hydrogen-bond donors (Lipinski definition) is 1. The molecule has 1 atom stereocenters. The third-order valence-corrected chi connectivity index (χ3v) is 1.31. The molecule has 1 unspecified atom stereocenters. The Morgan fingerprint density at radius 3 is 2.25 bits per heavy atom. The van der Waals surface area contributed by atoms with Crippen LogP contribution >= 0.6 is 0 Å². The largest absolute Gasteiger partial charge is 0.285 e. The summed E-state index contributed by atoms with van der Waals surface area (Å²) < 4.78 is 0. The van der Waals surface area contributed by atoms with E-state index in [4.69, 9.17) is 0 Å². The van der Waals surface area contributed by atoms with E-state index in [-0.39, 0.29) is 0 Å². The summed E-state index contributed by atoms with van der Waals surface area (Å²) in [6, 6.07) is 0. The van der Waals surface area contributed by atoms with Crippen LogP contribution in [0.5, 0.6) is 0 Å². The molecular formula is C6H5N2O4. The summed E-state index contributed by atoms with van der Waals surface area (Å²) in [5, 5.41) is 0. The zero-order chi connectivity index (χ0) is 9.14. The van der Waals surface area contributed by atoms with Crippen LogP contribution in [-0.4, -0.2) is 29.2 Å². The first-order valence-corrected chi connectivity index (χ1v) is 2.99. The second-order valence-corrected chi connectivity index (χ2v) is 1.99. The lowest BCUT2D eigenvalue weighted by atomic mass is 10.5. The van der Waals surface area contributed by atoms with Gasteiger partial charge in [0.25, 0.3) is 18.1 Å². The average Bonchev–Trinajstić information content (AvgIpc) is 2.38. The van der Waals surface area contributed by atoms with Crippen molar-refractivity contribution >= 4 is 18.1 Å². The number of carbonyl (C=O) groups is 2. The van der Waals surface area contributed by atoms with Crippen LogP contribution in [-0.2, 0) is 19.2 Å². The molecule has 6 heteroatoms. The number of rotatable bonds is 3. The molecule has 0 aliphatic carbocycles. The maximum Gasteiger partial charge on any atom is 0.256 e. The lowest BCUT2D eigenvalue weighted by Crippen LogP contribution is -2.44. The Bertz CT molecular complexity index is 242. The number of imide groups is 1. The van der Waals surface area contributed by atoms with Gasteiger partial charge in [0.1, 0.15) is 0 Å². The van der Waals surface area contributed by atoms with Gasteiger partial charge in [0.05, 0.1) is 0 Å². The third kappa shape index (κ3) is 1.25. The SMILES string of the molecule is NOC([C]=O)N1C(=O)C=CC1=O. The molecule has 0 aromatic rings. The molecule has 1 rings (SSSR count). The van der Waals surface area contributed by atoms with E-state index >= 15 is 0 Å². The van der Waals surface area contributed by atoms with E-state index in [0.717, 1.165) is 12.2 Å². The Hall–Kier alpha value is -1.53. The van der Waals surface area contributed by atoms with Gasteiger partial charge in [0.2, 0.25) is 6.23 Å². The van der Waals surface area contributed by atoms with Crippen molar-refractivity contribution in [1.29, 1.82) is 0 Å². The summed E-state index contributed by atoms with van der Waals surface area (Å²) >= 11 is 0. The molecule has 0 aromatic carbocycles. The average molecular weight is 169 g/mol. The van der Waals surface area contributed by atoms with Gasteiger partial charge in [-0.3, -0.25) is 19.2 Å². The highest BCUT2D eigenvalue weighted by atomic mass is 16.6. The van der Waals surface area contributed by atoms with E-state index in [1.807, 2.05) is 0 Å². The smallest absolute Gasteiger partial charge is 0.256 e. The maximum absolute atomic E-state index is 10.8. The van der Waals surface area contributed by atoms with Gasteiger partial charge in [0, 0.05) is 12.2 Å². The number of hydrogen-bond acceptors (Lipinski definition) is 5. The molecule has 2 N–H and O–H groups in total. The standard InChI is InChI=1S/C6H5N2O4/c7-12-6(3-9)8-4(10)1-2-5(8)11/h1-2,6H,7H2. The highest BCUT2D eigenvalue weighted by Crippen LogP contribution is 2.06. The fraction of sp³-hybridized carbons (Fsp3) is 0.167. The van der Waals surface area contributed by atoms with E-state index in [0.29, 0.717) is 4.90 Å². The zero-order valence-electron chi connectivity index (χ0n) is 5.89. The number of nitrogens with two attached hydrogens (primary N) is 1. The molecule has 0 bridgehead atoms. The monoisotopic (exact) mass is 169 g/mol. The third-order valence-electron chi connectivity index (χ3n) is 1.31. The minimum atomic E-state index is -1.46. The maximum atomic E-state index is 10.8. The second-order valence-electron chi connectivity index (χ2n) is 1.99. The number of carbonyl (C=O) groups excluding carboxylic acids is 3. The highest BCUT2D eigenvalue weighted by molar-refractivity contribution is 6.14. The van der Waals surface area contributed by atoms with Crippen molar-refractivity contribution in [3.63, 3.8) is 0 Å². The molecule has 1 radical (unpaired) electrons. The van der Waals surface area contributed by atoms with Crippen molar-refractivity contribution in [1.82, 2.24) is 4.90 Å². The Morgan fingerprint density at radius 1 is 1.42 bits per heavy atom. The minimum absolute atomic E-state index is 0.562. The van der Waals surface area contributed by atoms with Crippen LogP contribution < -0.4 is 5.90 Å². The molecule has 12 heavy (non-hydrogen) atoms.